The van der Waals surface area contributed by atoms with Crippen LogP contribution in [-0.2, 0) is 9.59 Å². The average molecular weight is 228 g/mol. The molecule has 2 rings (SSSR count). The minimum atomic E-state index is -1.04. The van der Waals surface area contributed by atoms with Gasteiger partial charge in [0.15, 0.2) is 0 Å². The van der Waals surface area contributed by atoms with Crippen molar-refractivity contribution in [1.29, 1.82) is 0 Å². The van der Waals surface area contributed by atoms with E-state index in [2.05, 4.69) is 5.32 Å². The van der Waals surface area contributed by atoms with Gasteiger partial charge in [-0.05, 0) is 19.4 Å². The molecule has 6 nitrogen and oxygen atoms in total. The van der Waals surface area contributed by atoms with Gasteiger partial charge in [-0.25, -0.2) is 4.79 Å². The molecule has 0 aliphatic carbocycles. The monoisotopic (exact) mass is 228 g/mol. The number of rotatable bonds is 2. The average Bonchev–Trinajstić information content (AvgIpc) is 2.84. The van der Waals surface area contributed by atoms with Crippen molar-refractivity contribution in [2.45, 2.75) is 37.5 Å². The quantitative estimate of drug-likeness (QED) is 0.551. The first-order valence-electron chi connectivity index (χ1n) is 5.54. The summed E-state index contributed by atoms with van der Waals surface area (Å²) in [5, 5.41) is 21.4. The van der Waals surface area contributed by atoms with Crippen molar-refractivity contribution in [3.05, 3.63) is 0 Å². The van der Waals surface area contributed by atoms with Gasteiger partial charge in [0.1, 0.15) is 6.04 Å². The predicted octanol–water partition coefficient (Wildman–Crippen LogP) is -1.22. The number of hydrogen-bond acceptors (Lipinski definition) is 4. The molecule has 3 atom stereocenters. The van der Waals surface area contributed by atoms with Gasteiger partial charge in [-0.3, -0.25) is 4.79 Å². The molecule has 16 heavy (non-hydrogen) atoms. The van der Waals surface area contributed by atoms with Crippen LogP contribution in [0.2, 0.25) is 0 Å². The Morgan fingerprint density at radius 1 is 1.38 bits per heavy atom. The van der Waals surface area contributed by atoms with E-state index in [1.165, 1.54) is 4.90 Å². The third-order valence-electron chi connectivity index (χ3n) is 3.21. The van der Waals surface area contributed by atoms with Crippen LogP contribution >= 0.6 is 0 Å². The third-order valence-corrected chi connectivity index (χ3v) is 3.21. The maximum absolute atomic E-state index is 12.0. The molecule has 1 amide bonds. The molecule has 0 aromatic heterocycles. The number of β-amino-alcohol motifs (C(OH)–C–C–N with tert-alkyl or cyclic N) is 1. The van der Waals surface area contributed by atoms with Crippen LogP contribution in [-0.4, -0.2) is 58.3 Å². The lowest BCUT2D eigenvalue weighted by Crippen LogP contribution is -2.48. The number of aliphatic carboxylic acids is 1. The van der Waals surface area contributed by atoms with E-state index in [0.717, 1.165) is 19.4 Å². The Hall–Kier alpha value is -1.14. The van der Waals surface area contributed by atoms with Gasteiger partial charge in [0.05, 0.1) is 12.1 Å². The Morgan fingerprint density at radius 3 is 2.69 bits per heavy atom. The molecule has 2 saturated heterocycles. The van der Waals surface area contributed by atoms with Gasteiger partial charge in [-0.15, -0.1) is 0 Å². The van der Waals surface area contributed by atoms with Crippen LogP contribution in [0.3, 0.4) is 0 Å². The summed E-state index contributed by atoms with van der Waals surface area (Å²) < 4.78 is 0. The SMILES string of the molecule is O=C(O)[C@H]1C[C@@H](O)CN1C(=O)C1CCCN1. The highest BCUT2D eigenvalue weighted by Crippen LogP contribution is 2.21. The molecule has 0 bridgehead atoms. The Morgan fingerprint density at radius 2 is 2.12 bits per heavy atom. The number of aliphatic hydroxyl groups excluding tert-OH is 1. The number of amides is 1. The normalized spacial score (nSPS) is 34.3. The lowest BCUT2D eigenvalue weighted by Gasteiger charge is -2.24. The van der Waals surface area contributed by atoms with Crippen molar-refractivity contribution >= 4 is 11.9 Å². The number of carboxylic acids is 1. The molecule has 2 aliphatic rings. The van der Waals surface area contributed by atoms with Gasteiger partial charge in [0.2, 0.25) is 5.91 Å². The Bertz CT molecular complexity index is 301. The van der Waals surface area contributed by atoms with Crippen LogP contribution < -0.4 is 5.32 Å². The Kier molecular flexibility index (Phi) is 3.11. The first kappa shape index (κ1) is 11.3. The van der Waals surface area contributed by atoms with Crippen molar-refractivity contribution in [3.63, 3.8) is 0 Å². The number of carbonyl (C=O) groups excluding carboxylic acids is 1. The Balaban J connectivity index is 2.06. The number of carboxylic acid groups (broad SMARTS) is 1. The van der Waals surface area contributed by atoms with Gasteiger partial charge >= 0.3 is 5.97 Å². The number of nitrogens with one attached hydrogen (secondary N) is 1. The molecular weight excluding hydrogens is 212 g/mol. The molecule has 90 valence electrons. The van der Waals surface area contributed by atoms with Crippen molar-refractivity contribution in [1.82, 2.24) is 10.2 Å². The van der Waals surface area contributed by atoms with Crippen molar-refractivity contribution in [2.75, 3.05) is 13.1 Å². The fourth-order valence-electron chi connectivity index (χ4n) is 2.39. The lowest BCUT2D eigenvalue weighted by molar-refractivity contribution is -0.148. The number of nitrogens with zero attached hydrogens (tertiary/aromatic N) is 1. The molecule has 0 saturated carbocycles. The maximum Gasteiger partial charge on any atom is 0.326 e. The van der Waals surface area contributed by atoms with E-state index < -0.39 is 18.1 Å². The summed E-state index contributed by atoms with van der Waals surface area (Å²) in [5.41, 5.74) is 0. The standard InChI is InChI=1S/C10H16N2O4/c13-6-4-8(10(15)16)12(5-6)9(14)7-2-1-3-11-7/h6-8,11,13H,1-5H2,(H,15,16)/t6-,7?,8-/m1/s1. The van der Waals surface area contributed by atoms with Gasteiger partial charge in [0, 0.05) is 13.0 Å². The van der Waals surface area contributed by atoms with Crippen molar-refractivity contribution in [3.8, 4) is 0 Å². The second kappa shape index (κ2) is 4.39. The molecular formula is C10H16N2O4. The number of hydrogen-bond donors (Lipinski definition) is 3. The van der Waals surface area contributed by atoms with E-state index in [-0.39, 0.29) is 24.9 Å². The van der Waals surface area contributed by atoms with E-state index in [4.69, 9.17) is 5.11 Å². The molecule has 1 unspecified atom stereocenters. The van der Waals surface area contributed by atoms with Gasteiger partial charge in [0.25, 0.3) is 0 Å². The predicted molar refractivity (Wildman–Crippen MR) is 54.8 cm³/mol. The molecule has 2 heterocycles. The van der Waals surface area contributed by atoms with Crippen molar-refractivity contribution in [2.24, 2.45) is 0 Å². The van der Waals surface area contributed by atoms with E-state index in [0.29, 0.717) is 0 Å². The van der Waals surface area contributed by atoms with Gasteiger partial charge < -0.3 is 20.4 Å². The molecule has 2 fully saturated rings. The highest BCUT2D eigenvalue weighted by atomic mass is 16.4. The zero-order valence-electron chi connectivity index (χ0n) is 8.93. The molecule has 2 aliphatic heterocycles. The fraction of sp³-hybridized carbons (Fsp3) is 0.800. The van der Waals surface area contributed by atoms with Crippen LogP contribution in [0, 0.1) is 0 Å². The highest BCUT2D eigenvalue weighted by Gasteiger charge is 2.41. The second-order valence-corrected chi connectivity index (χ2v) is 4.38. The van der Waals surface area contributed by atoms with Gasteiger partial charge in [-0.1, -0.05) is 0 Å². The van der Waals surface area contributed by atoms with E-state index in [1.54, 1.807) is 0 Å². The summed E-state index contributed by atoms with van der Waals surface area (Å²) in [6.07, 6.45) is 1.10. The van der Waals surface area contributed by atoms with Gasteiger partial charge in [-0.2, -0.15) is 0 Å². The van der Waals surface area contributed by atoms with Crippen LogP contribution in [0.1, 0.15) is 19.3 Å². The molecule has 3 N–H and O–H groups in total. The lowest BCUT2D eigenvalue weighted by atomic mass is 10.1. The smallest absolute Gasteiger partial charge is 0.326 e. The molecule has 0 aromatic rings. The Labute approximate surface area is 93.2 Å². The first-order valence-corrected chi connectivity index (χ1v) is 5.54. The fourth-order valence-corrected chi connectivity index (χ4v) is 2.39. The zero-order chi connectivity index (χ0) is 11.7. The highest BCUT2D eigenvalue weighted by molar-refractivity contribution is 5.87. The number of likely N-dealkylation sites (tertiary alicyclic amines) is 1. The molecule has 0 spiro atoms. The summed E-state index contributed by atoms with van der Waals surface area (Å²) >= 11 is 0. The van der Waals surface area contributed by atoms with Crippen LogP contribution in [0.4, 0.5) is 0 Å². The number of carbonyl (C=O) groups is 2. The molecule has 0 aromatic carbocycles. The summed E-state index contributed by atoms with van der Waals surface area (Å²) in [6, 6.07) is -1.14. The van der Waals surface area contributed by atoms with Crippen molar-refractivity contribution < 1.29 is 19.8 Å². The summed E-state index contributed by atoms with van der Waals surface area (Å²) in [4.78, 5) is 24.2. The minimum absolute atomic E-state index is 0.133. The van der Waals surface area contributed by atoms with Crippen LogP contribution in [0.5, 0.6) is 0 Å². The van der Waals surface area contributed by atoms with E-state index in [9.17, 15) is 14.7 Å². The van der Waals surface area contributed by atoms with E-state index >= 15 is 0 Å². The van der Waals surface area contributed by atoms with E-state index in [1.807, 2.05) is 0 Å². The first-order chi connectivity index (χ1) is 7.59. The second-order valence-electron chi connectivity index (χ2n) is 4.38. The third kappa shape index (κ3) is 2.03. The van der Waals surface area contributed by atoms with Crippen LogP contribution in [0.15, 0.2) is 0 Å². The summed E-state index contributed by atoms with van der Waals surface area (Å²) in [7, 11) is 0. The van der Waals surface area contributed by atoms with Crippen LogP contribution in [0.25, 0.3) is 0 Å². The molecule has 0 radical (unpaired) electrons. The summed E-state index contributed by atoms with van der Waals surface area (Å²) in [6.45, 7) is 0.929. The maximum atomic E-state index is 12.0. The zero-order valence-corrected chi connectivity index (χ0v) is 8.93. The topological polar surface area (TPSA) is 89.9 Å². The molecule has 6 heteroatoms. The largest absolute Gasteiger partial charge is 0.480 e. The number of aliphatic hydroxyl groups is 1. The summed E-state index contributed by atoms with van der Waals surface area (Å²) in [5.74, 6) is -1.23. The minimum Gasteiger partial charge on any atom is -0.480 e.